The Morgan fingerprint density at radius 3 is 2.68 bits per heavy atom. The quantitative estimate of drug-likeness (QED) is 0.843. The number of benzene rings is 1. The number of aryl methyl sites for hydroxylation is 1. The van der Waals surface area contributed by atoms with Crippen LogP contribution in [0.25, 0.3) is 0 Å². The van der Waals surface area contributed by atoms with Gasteiger partial charge in [-0.05, 0) is 38.0 Å². The molecule has 0 aliphatic carbocycles. The molecular formula is C14H19NO3S. The number of esters is 1. The van der Waals surface area contributed by atoms with Crippen LogP contribution < -0.4 is 5.32 Å². The molecule has 104 valence electrons. The second-order valence-electron chi connectivity index (χ2n) is 4.27. The Bertz CT molecular complexity index is 474. The van der Waals surface area contributed by atoms with E-state index in [1.54, 1.807) is 6.92 Å². The summed E-state index contributed by atoms with van der Waals surface area (Å²) in [6.45, 7) is 5.69. The lowest BCUT2D eigenvalue weighted by molar-refractivity contribution is -0.139. The fourth-order valence-electron chi connectivity index (χ4n) is 1.51. The lowest BCUT2D eigenvalue weighted by Crippen LogP contribution is -2.20. The van der Waals surface area contributed by atoms with E-state index in [1.807, 2.05) is 32.0 Å². The van der Waals surface area contributed by atoms with Gasteiger partial charge >= 0.3 is 5.97 Å². The molecule has 0 aliphatic heterocycles. The molecule has 1 atom stereocenters. The van der Waals surface area contributed by atoms with Crippen LogP contribution >= 0.6 is 11.8 Å². The van der Waals surface area contributed by atoms with Gasteiger partial charge in [0.05, 0.1) is 12.9 Å². The van der Waals surface area contributed by atoms with Crippen LogP contribution in [-0.2, 0) is 14.3 Å². The zero-order valence-corrected chi connectivity index (χ0v) is 12.5. The van der Waals surface area contributed by atoms with Crippen molar-refractivity contribution in [2.75, 3.05) is 18.2 Å². The Hall–Kier alpha value is -1.49. The summed E-state index contributed by atoms with van der Waals surface area (Å²) in [5.41, 5.74) is 3.01. The number of carbonyl (C=O) groups excluding carboxylic acids is 2. The summed E-state index contributed by atoms with van der Waals surface area (Å²) in [5, 5.41) is 2.51. The van der Waals surface area contributed by atoms with Crippen molar-refractivity contribution in [2.45, 2.75) is 26.0 Å². The largest absolute Gasteiger partial charge is 0.468 e. The molecule has 5 heteroatoms. The van der Waals surface area contributed by atoms with Gasteiger partial charge < -0.3 is 10.1 Å². The van der Waals surface area contributed by atoms with Gasteiger partial charge in [0.1, 0.15) is 5.25 Å². The Morgan fingerprint density at radius 2 is 2.05 bits per heavy atom. The molecule has 0 spiro atoms. The summed E-state index contributed by atoms with van der Waals surface area (Å²) in [5.74, 6) is -0.206. The van der Waals surface area contributed by atoms with Crippen LogP contribution in [0.2, 0.25) is 0 Å². The highest BCUT2D eigenvalue weighted by atomic mass is 32.2. The fraction of sp³-hybridized carbons (Fsp3) is 0.429. The minimum Gasteiger partial charge on any atom is -0.468 e. The van der Waals surface area contributed by atoms with Gasteiger partial charge in [-0.15, -0.1) is 11.8 Å². The highest BCUT2D eigenvalue weighted by Crippen LogP contribution is 2.19. The van der Waals surface area contributed by atoms with E-state index in [0.29, 0.717) is 0 Å². The summed E-state index contributed by atoms with van der Waals surface area (Å²) in [4.78, 5) is 23.0. The minimum absolute atomic E-state index is 0.116. The Morgan fingerprint density at radius 1 is 1.37 bits per heavy atom. The molecule has 0 heterocycles. The van der Waals surface area contributed by atoms with Gasteiger partial charge in [-0.25, -0.2) is 0 Å². The number of hydrogen-bond donors (Lipinski definition) is 1. The molecule has 4 nitrogen and oxygen atoms in total. The van der Waals surface area contributed by atoms with Crippen molar-refractivity contribution in [1.82, 2.24) is 0 Å². The van der Waals surface area contributed by atoms with E-state index >= 15 is 0 Å². The number of amides is 1. The van der Waals surface area contributed by atoms with E-state index in [9.17, 15) is 9.59 Å². The summed E-state index contributed by atoms with van der Waals surface area (Å²) in [6.07, 6.45) is 0. The van der Waals surface area contributed by atoms with Crippen molar-refractivity contribution in [2.24, 2.45) is 0 Å². The first-order valence-corrected chi connectivity index (χ1v) is 7.06. The fourth-order valence-corrected chi connectivity index (χ4v) is 2.21. The highest BCUT2D eigenvalue weighted by Gasteiger charge is 2.15. The number of thioether (sulfide) groups is 1. The highest BCUT2D eigenvalue weighted by molar-refractivity contribution is 8.01. The number of methoxy groups -OCH3 is 1. The number of hydrogen-bond acceptors (Lipinski definition) is 4. The molecule has 1 unspecified atom stereocenters. The van der Waals surface area contributed by atoms with Crippen LogP contribution in [0.3, 0.4) is 0 Å². The molecule has 0 bridgehead atoms. The van der Waals surface area contributed by atoms with Crippen LogP contribution in [0.15, 0.2) is 18.2 Å². The van der Waals surface area contributed by atoms with Gasteiger partial charge in [0.15, 0.2) is 0 Å². The molecule has 1 rings (SSSR count). The Balaban J connectivity index is 2.52. The Labute approximate surface area is 117 Å². The third kappa shape index (κ3) is 4.59. The second-order valence-corrected chi connectivity index (χ2v) is 5.60. The normalized spacial score (nSPS) is 11.8. The maximum atomic E-state index is 11.8. The maximum absolute atomic E-state index is 11.8. The van der Waals surface area contributed by atoms with E-state index in [1.165, 1.54) is 18.9 Å². The van der Waals surface area contributed by atoms with Crippen molar-refractivity contribution in [3.63, 3.8) is 0 Å². The molecule has 0 aliphatic rings. The average molecular weight is 281 g/mol. The average Bonchev–Trinajstić information content (AvgIpc) is 2.40. The Kier molecular flexibility index (Phi) is 5.89. The molecular weight excluding hydrogens is 262 g/mol. The number of nitrogens with one attached hydrogen (secondary N) is 1. The van der Waals surface area contributed by atoms with Crippen LogP contribution in [-0.4, -0.2) is 30.0 Å². The third-order valence-corrected chi connectivity index (χ3v) is 4.00. The molecule has 1 aromatic rings. The zero-order chi connectivity index (χ0) is 14.4. The third-order valence-electron chi connectivity index (χ3n) is 2.88. The molecule has 19 heavy (non-hydrogen) atoms. The zero-order valence-electron chi connectivity index (χ0n) is 11.6. The number of carbonyl (C=O) groups is 2. The first kappa shape index (κ1) is 15.6. The molecule has 0 fully saturated rings. The van der Waals surface area contributed by atoms with E-state index in [0.717, 1.165) is 16.8 Å². The number of anilines is 1. The minimum atomic E-state index is -0.339. The lowest BCUT2D eigenvalue weighted by Gasteiger charge is -2.11. The molecule has 0 radical (unpaired) electrons. The summed E-state index contributed by atoms with van der Waals surface area (Å²) < 4.78 is 4.61. The van der Waals surface area contributed by atoms with Gasteiger partial charge in [-0.1, -0.05) is 12.1 Å². The molecule has 0 aromatic heterocycles. The molecule has 1 N–H and O–H groups in total. The molecule has 0 saturated heterocycles. The topological polar surface area (TPSA) is 55.4 Å². The van der Waals surface area contributed by atoms with Crippen LogP contribution in [0.5, 0.6) is 0 Å². The predicted molar refractivity (Wildman–Crippen MR) is 78.5 cm³/mol. The van der Waals surface area contributed by atoms with Crippen molar-refractivity contribution in [1.29, 1.82) is 0 Å². The summed E-state index contributed by atoms with van der Waals surface area (Å²) >= 11 is 1.26. The van der Waals surface area contributed by atoms with Gasteiger partial charge in [0.2, 0.25) is 5.91 Å². The van der Waals surface area contributed by atoms with Crippen molar-refractivity contribution < 1.29 is 14.3 Å². The maximum Gasteiger partial charge on any atom is 0.318 e. The molecule has 0 saturated carbocycles. The smallest absolute Gasteiger partial charge is 0.318 e. The van der Waals surface area contributed by atoms with Gasteiger partial charge in [-0.2, -0.15) is 0 Å². The summed E-state index contributed by atoms with van der Waals surface area (Å²) in [6, 6.07) is 5.77. The SMILES string of the molecule is COC(=O)C(C)SCC(=O)Nc1cccc(C)c1C. The van der Waals surface area contributed by atoms with Crippen LogP contribution in [0.4, 0.5) is 5.69 Å². The van der Waals surface area contributed by atoms with E-state index in [4.69, 9.17) is 0 Å². The van der Waals surface area contributed by atoms with Gasteiger partial charge in [0, 0.05) is 5.69 Å². The lowest BCUT2D eigenvalue weighted by atomic mass is 10.1. The first-order chi connectivity index (χ1) is 8.95. The number of rotatable bonds is 5. The van der Waals surface area contributed by atoms with Crippen LogP contribution in [0, 0.1) is 13.8 Å². The predicted octanol–water partition coefficient (Wildman–Crippen LogP) is 2.54. The van der Waals surface area contributed by atoms with Crippen molar-refractivity contribution in [3.8, 4) is 0 Å². The van der Waals surface area contributed by atoms with Crippen molar-refractivity contribution in [3.05, 3.63) is 29.3 Å². The van der Waals surface area contributed by atoms with Gasteiger partial charge in [-0.3, -0.25) is 9.59 Å². The van der Waals surface area contributed by atoms with E-state index in [2.05, 4.69) is 10.1 Å². The standard InChI is InChI=1S/C14H19NO3S/c1-9-6-5-7-12(10(9)2)15-13(16)8-19-11(3)14(17)18-4/h5-7,11H,8H2,1-4H3,(H,15,16). The summed E-state index contributed by atoms with van der Waals surface area (Å²) in [7, 11) is 1.34. The van der Waals surface area contributed by atoms with Crippen LogP contribution in [0.1, 0.15) is 18.1 Å². The van der Waals surface area contributed by atoms with Crippen molar-refractivity contribution >= 4 is 29.3 Å². The monoisotopic (exact) mass is 281 g/mol. The van der Waals surface area contributed by atoms with E-state index < -0.39 is 0 Å². The molecule has 1 amide bonds. The van der Waals surface area contributed by atoms with E-state index in [-0.39, 0.29) is 22.9 Å². The first-order valence-electron chi connectivity index (χ1n) is 6.01. The molecule has 1 aromatic carbocycles. The number of ether oxygens (including phenoxy) is 1. The van der Waals surface area contributed by atoms with Gasteiger partial charge in [0.25, 0.3) is 0 Å². The second kappa shape index (κ2) is 7.19.